The lowest BCUT2D eigenvalue weighted by molar-refractivity contribution is -0.127. The Hall–Kier alpha value is -5.35. The first-order valence-electron chi connectivity index (χ1n) is 17.4. The van der Waals surface area contributed by atoms with Gasteiger partial charge in [0.25, 0.3) is 11.5 Å². The van der Waals surface area contributed by atoms with Gasteiger partial charge in [-0.25, -0.2) is 4.98 Å². The molecule has 0 N–H and O–H groups in total. The molecule has 2 saturated heterocycles. The molecule has 5 heterocycles. The van der Waals surface area contributed by atoms with Crippen molar-refractivity contribution in [2.24, 2.45) is 7.05 Å². The Kier molecular flexibility index (Phi) is 10.4. The van der Waals surface area contributed by atoms with Crippen molar-refractivity contribution in [1.29, 1.82) is 5.26 Å². The molecule has 52 heavy (non-hydrogen) atoms. The van der Waals surface area contributed by atoms with Gasteiger partial charge in [-0.15, -0.1) is 11.3 Å². The molecule has 2 aliphatic rings. The molecular formula is C40H41N7O4S. The van der Waals surface area contributed by atoms with Gasteiger partial charge in [0.15, 0.2) is 0 Å². The Balaban J connectivity index is 1.02. The van der Waals surface area contributed by atoms with E-state index in [0.717, 1.165) is 84.7 Å². The van der Waals surface area contributed by atoms with Crippen LogP contribution < -0.4 is 15.0 Å². The van der Waals surface area contributed by atoms with Crippen LogP contribution in [0.1, 0.15) is 40.6 Å². The van der Waals surface area contributed by atoms with Gasteiger partial charge in [0.2, 0.25) is 0 Å². The van der Waals surface area contributed by atoms with Gasteiger partial charge in [0, 0.05) is 88.6 Å². The van der Waals surface area contributed by atoms with Gasteiger partial charge in [0.1, 0.15) is 28.1 Å². The predicted molar refractivity (Wildman–Crippen MR) is 202 cm³/mol. The van der Waals surface area contributed by atoms with Crippen molar-refractivity contribution in [2.45, 2.75) is 32.0 Å². The van der Waals surface area contributed by atoms with Crippen LogP contribution in [0.5, 0.6) is 11.5 Å². The van der Waals surface area contributed by atoms with E-state index in [1.807, 2.05) is 34.7 Å². The normalized spacial score (nSPS) is 17.0. The number of nitrogens with zero attached hydrogens (tertiary/aromatic N) is 7. The van der Waals surface area contributed by atoms with Crippen molar-refractivity contribution in [3.8, 4) is 28.7 Å². The number of aryl methyl sites for hydroxylation is 1. The second kappa shape index (κ2) is 15.5. The molecule has 12 heteroatoms. The van der Waals surface area contributed by atoms with E-state index in [0.29, 0.717) is 23.5 Å². The molecule has 0 aliphatic carbocycles. The summed E-state index contributed by atoms with van der Waals surface area (Å²) in [6.45, 7) is 5.73. The average molecular weight is 716 g/mol. The third kappa shape index (κ3) is 7.21. The molecule has 266 valence electrons. The highest BCUT2D eigenvalue weighted by atomic mass is 32.1. The van der Waals surface area contributed by atoms with E-state index in [9.17, 15) is 14.9 Å². The van der Waals surface area contributed by atoms with E-state index in [2.05, 4.69) is 50.1 Å². The zero-order valence-electron chi connectivity index (χ0n) is 29.6. The van der Waals surface area contributed by atoms with E-state index in [4.69, 9.17) is 9.47 Å². The van der Waals surface area contributed by atoms with E-state index in [-0.39, 0.29) is 23.1 Å². The zero-order chi connectivity index (χ0) is 36.2. The van der Waals surface area contributed by atoms with E-state index >= 15 is 0 Å². The van der Waals surface area contributed by atoms with Crippen LogP contribution in [0, 0.1) is 11.3 Å². The van der Waals surface area contributed by atoms with E-state index in [1.54, 1.807) is 50.5 Å². The molecule has 5 aromatic rings. The topological polar surface area (TPSA) is 117 Å². The molecule has 2 aliphatic heterocycles. The number of nitriles is 1. The molecular weight excluding hydrogens is 675 g/mol. The van der Waals surface area contributed by atoms with E-state index in [1.165, 1.54) is 16.9 Å². The number of thiazole rings is 1. The van der Waals surface area contributed by atoms with Gasteiger partial charge in [-0.3, -0.25) is 24.4 Å². The van der Waals surface area contributed by atoms with Gasteiger partial charge in [-0.1, -0.05) is 24.3 Å². The van der Waals surface area contributed by atoms with E-state index < -0.39 is 0 Å². The fourth-order valence-electron chi connectivity index (χ4n) is 7.41. The Labute approximate surface area is 307 Å². The highest BCUT2D eigenvalue weighted by Crippen LogP contribution is 2.38. The first-order chi connectivity index (χ1) is 25.4. The second-order valence-corrected chi connectivity index (χ2v) is 14.2. The monoisotopic (exact) mass is 715 g/mol. The Morgan fingerprint density at radius 3 is 2.44 bits per heavy atom. The number of rotatable bonds is 10. The summed E-state index contributed by atoms with van der Waals surface area (Å²) >= 11 is 1.41. The lowest BCUT2D eigenvalue weighted by atomic mass is 9.98. The van der Waals surface area contributed by atoms with Gasteiger partial charge >= 0.3 is 0 Å². The molecule has 0 spiro atoms. The molecule has 2 aromatic carbocycles. The summed E-state index contributed by atoms with van der Waals surface area (Å²) in [5, 5.41) is 13.7. The van der Waals surface area contributed by atoms with Crippen molar-refractivity contribution in [3.05, 3.63) is 110 Å². The fraction of sp³-hybridized carbons (Fsp3) is 0.325. The quantitative estimate of drug-likeness (QED) is 0.133. The maximum Gasteiger partial charge on any atom is 0.265 e. The van der Waals surface area contributed by atoms with Gasteiger partial charge < -0.3 is 18.9 Å². The van der Waals surface area contributed by atoms with Crippen molar-refractivity contribution in [3.63, 3.8) is 0 Å². The Morgan fingerprint density at radius 2 is 1.75 bits per heavy atom. The molecule has 1 amide bonds. The Morgan fingerprint density at radius 1 is 1.00 bits per heavy atom. The number of carbonyl (C=O) groups excluding carboxylic acids is 1. The number of benzene rings is 2. The third-order valence-corrected chi connectivity index (χ3v) is 10.8. The van der Waals surface area contributed by atoms with Crippen LogP contribution in [0.3, 0.4) is 0 Å². The van der Waals surface area contributed by atoms with Crippen molar-refractivity contribution >= 4 is 34.1 Å². The summed E-state index contributed by atoms with van der Waals surface area (Å²) < 4.78 is 13.4. The van der Waals surface area contributed by atoms with Gasteiger partial charge in [0.05, 0.1) is 31.2 Å². The van der Waals surface area contributed by atoms with Gasteiger partial charge in [-0.05, 0) is 59.2 Å². The number of hydrogen-bond donors (Lipinski definition) is 0. The van der Waals surface area contributed by atoms with Crippen LogP contribution in [-0.4, -0.2) is 82.1 Å². The molecule has 0 bridgehead atoms. The number of hydrogen-bond acceptors (Lipinski definition) is 10. The third-order valence-electron chi connectivity index (χ3n) is 10.1. The molecule has 11 nitrogen and oxygen atoms in total. The standard InChI is InChI=1S/C40H41N7O4S/c1-44-25-33(31-9-10-42-23-32(31)40(44)49)29-19-36(50-2)34(37(20-29)51-3)26-46-15-13-45(14-16-46)24-27-6-4-7-28(18-27)35-8-5-12-47(35)39(48)30(22-41)21-38-43-11-17-52-38/h4,6-7,9-11,17-21,23,25,35H,5,8,12-16,24,26H2,1-3H3/b30-21+. The number of amides is 1. The van der Waals surface area contributed by atoms with Crippen LogP contribution in [0.25, 0.3) is 28.0 Å². The summed E-state index contributed by atoms with van der Waals surface area (Å²) in [4.78, 5) is 41.4. The number of carbonyl (C=O) groups is 1. The average Bonchev–Trinajstić information content (AvgIpc) is 3.89. The molecule has 0 radical (unpaired) electrons. The predicted octanol–water partition coefficient (Wildman–Crippen LogP) is 5.66. The maximum atomic E-state index is 13.5. The largest absolute Gasteiger partial charge is 0.496 e. The zero-order valence-corrected chi connectivity index (χ0v) is 30.4. The first-order valence-corrected chi connectivity index (χ1v) is 18.3. The summed E-state index contributed by atoms with van der Waals surface area (Å²) in [6.07, 6.45) is 10.2. The summed E-state index contributed by atoms with van der Waals surface area (Å²) in [7, 11) is 5.11. The van der Waals surface area contributed by atoms with Crippen LogP contribution in [-0.2, 0) is 24.9 Å². The summed E-state index contributed by atoms with van der Waals surface area (Å²) in [5.74, 6) is 1.25. The number of ether oxygens (including phenoxy) is 2. The molecule has 7 rings (SSSR count). The Bertz CT molecular complexity index is 2190. The smallest absolute Gasteiger partial charge is 0.265 e. The van der Waals surface area contributed by atoms with Crippen LogP contribution in [0.4, 0.5) is 0 Å². The molecule has 0 saturated carbocycles. The number of piperazine rings is 1. The lowest BCUT2D eigenvalue weighted by Crippen LogP contribution is -2.45. The molecule has 2 fully saturated rings. The van der Waals surface area contributed by atoms with Crippen LogP contribution >= 0.6 is 11.3 Å². The van der Waals surface area contributed by atoms with Gasteiger partial charge in [-0.2, -0.15) is 5.26 Å². The number of methoxy groups -OCH3 is 2. The lowest BCUT2D eigenvalue weighted by Gasteiger charge is -2.35. The summed E-state index contributed by atoms with van der Waals surface area (Å²) in [5.41, 5.74) is 5.15. The summed E-state index contributed by atoms with van der Waals surface area (Å²) in [6, 6.07) is 16.5. The number of aromatic nitrogens is 3. The highest BCUT2D eigenvalue weighted by Gasteiger charge is 2.32. The number of likely N-dealkylation sites (tertiary alicyclic amines) is 1. The number of fused-ring (bicyclic) bond motifs is 1. The van der Waals surface area contributed by atoms with Crippen LogP contribution in [0.15, 0.2) is 83.0 Å². The minimum Gasteiger partial charge on any atom is -0.496 e. The SMILES string of the molecule is COc1cc(-c2cn(C)c(=O)c3cnccc23)cc(OC)c1CN1CCN(Cc2cccc(C3CCCN3C(=O)/C(C#N)=C/c3nccs3)c2)CC1. The highest BCUT2D eigenvalue weighted by molar-refractivity contribution is 7.10. The molecule has 3 aromatic heterocycles. The second-order valence-electron chi connectivity index (χ2n) is 13.2. The first kappa shape index (κ1) is 35.1. The fourth-order valence-corrected chi connectivity index (χ4v) is 7.97. The van der Waals surface area contributed by atoms with Crippen molar-refractivity contribution in [1.82, 2.24) is 29.2 Å². The van der Waals surface area contributed by atoms with Crippen molar-refractivity contribution in [2.75, 3.05) is 46.9 Å². The molecule has 1 unspecified atom stereocenters. The molecule has 1 atom stereocenters. The minimum atomic E-state index is -0.234. The number of pyridine rings is 2. The maximum absolute atomic E-state index is 13.5. The minimum absolute atomic E-state index is 0.0572. The van der Waals surface area contributed by atoms with Crippen molar-refractivity contribution < 1.29 is 14.3 Å². The van der Waals surface area contributed by atoms with Crippen LogP contribution in [0.2, 0.25) is 0 Å².